The van der Waals surface area contributed by atoms with E-state index in [1.165, 1.54) is 4.90 Å². The van der Waals surface area contributed by atoms with Crippen molar-refractivity contribution in [1.29, 1.82) is 0 Å². The summed E-state index contributed by atoms with van der Waals surface area (Å²) in [6.45, 7) is 2.71. The molecule has 38 heavy (non-hydrogen) atoms. The van der Waals surface area contributed by atoms with Gasteiger partial charge in [-0.2, -0.15) is 0 Å². The molecule has 0 aliphatic carbocycles. The van der Waals surface area contributed by atoms with E-state index >= 15 is 0 Å². The van der Waals surface area contributed by atoms with Crippen molar-refractivity contribution >= 4 is 44.3 Å². The number of imide groups is 1. The van der Waals surface area contributed by atoms with Crippen molar-refractivity contribution < 1.29 is 9.59 Å². The van der Waals surface area contributed by atoms with E-state index in [1.54, 1.807) is 10.6 Å². The van der Waals surface area contributed by atoms with Gasteiger partial charge in [0.1, 0.15) is 11.4 Å². The number of carbonyl (C=O) groups excluding carboxylic acids is 2. The van der Waals surface area contributed by atoms with Crippen LogP contribution in [0.2, 0.25) is 0 Å². The lowest BCUT2D eigenvalue weighted by atomic mass is 9.75. The van der Waals surface area contributed by atoms with Crippen LogP contribution in [0, 0.1) is 18.8 Å². The van der Waals surface area contributed by atoms with E-state index in [0.717, 1.165) is 36.2 Å². The van der Waals surface area contributed by atoms with Crippen molar-refractivity contribution in [2.24, 2.45) is 11.8 Å². The second-order valence-electron chi connectivity index (χ2n) is 10.7. The molecule has 0 saturated carbocycles. The van der Waals surface area contributed by atoms with E-state index in [4.69, 9.17) is 4.98 Å². The monoisotopic (exact) mass is 566 g/mol. The van der Waals surface area contributed by atoms with Gasteiger partial charge in [-0.3, -0.25) is 23.9 Å². The minimum atomic E-state index is -0.996. The van der Waals surface area contributed by atoms with Crippen LogP contribution in [0.25, 0.3) is 16.6 Å². The summed E-state index contributed by atoms with van der Waals surface area (Å²) < 4.78 is 2.40. The Morgan fingerprint density at radius 3 is 2.58 bits per heavy atom. The minimum Gasteiger partial charge on any atom is -0.283 e. The molecule has 188 valence electrons. The first-order chi connectivity index (χ1) is 18.4. The number of rotatable bonds is 1. The molecule has 0 bridgehead atoms. The zero-order valence-corrected chi connectivity index (χ0v) is 22.2. The second kappa shape index (κ2) is 7.48. The minimum absolute atomic E-state index is 0.103. The van der Waals surface area contributed by atoms with Crippen LogP contribution in [-0.4, -0.2) is 38.9 Å². The summed E-state index contributed by atoms with van der Waals surface area (Å²) in [6, 6.07) is 20.7. The fourth-order valence-electron chi connectivity index (χ4n) is 7.64. The van der Waals surface area contributed by atoms with Crippen LogP contribution in [-0.2, 0) is 15.1 Å². The Balaban J connectivity index is 1.45. The molecule has 5 heterocycles. The van der Waals surface area contributed by atoms with Gasteiger partial charge in [0.15, 0.2) is 0 Å². The smallest absolute Gasteiger partial charge is 0.266 e. The zero-order chi connectivity index (χ0) is 25.9. The predicted molar refractivity (Wildman–Crippen MR) is 146 cm³/mol. The molecule has 8 rings (SSSR count). The fraction of sp³-hybridized carbons (Fsp3) is 0.267. The third-order valence-electron chi connectivity index (χ3n) is 8.98. The van der Waals surface area contributed by atoms with Crippen molar-refractivity contribution in [3.05, 3.63) is 98.5 Å². The van der Waals surface area contributed by atoms with Crippen LogP contribution in [0.5, 0.6) is 0 Å². The highest BCUT2D eigenvalue weighted by Gasteiger charge is 2.73. The van der Waals surface area contributed by atoms with Crippen molar-refractivity contribution in [3.8, 4) is 5.69 Å². The van der Waals surface area contributed by atoms with Crippen molar-refractivity contribution in [2.45, 2.75) is 31.3 Å². The molecular weight excluding hydrogens is 544 g/mol. The largest absolute Gasteiger partial charge is 0.283 e. The van der Waals surface area contributed by atoms with E-state index in [9.17, 15) is 14.4 Å². The maximum absolute atomic E-state index is 14.5. The highest BCUT2D eigenvalue weighted by Crippen LogP contribution is 2.62. The summed E-state index contributed by atoms with van der Waals surface area (Å²) in [4.78, 5) is 51.5. The number of aryl methyl sites for hydroxylation is 1. The number of para-hydroxylation sites is 2. The summed E-state index contributed by atoms with van der Waals surface area (Å²) >= 11 is 3.60. The van der Waals surface area contributed by atoms with Crippen LogP contribution in [0.3, 0.4) is 0 Å². The fourth-order valence-corrected chi connectivity index (χ4v) is 8.31. The zero-order valence-electron chi connectivity index (χ0n) is 20.6. The van der Waals surface area contributed by atoms with Gasteiger partial charge in [0, 0.05) is 16.1 Å². The molecule has 0 N–H and O–H groups in total. The molecule has 8 heteroatoms. The Bertz CT molecular complexity index is 1800. The summed E-state index contributed by atoms with van der Waals surface area (Å²) in [5.41, 5.74) is 2.68. The van der Waals surface area contributed by atoms with Gasteiger partial charge in [-0.25, -0.2) is 9.88 Å². The average molecular weight is 567 g/mol. The summed E-state index contributed by atoms with van der Waals surface area (Å²) in [5.74, 6) is -1.05. The molecule has 7 nitrogen and oxygen atoms in total. The van der Waals surface area contributed by atoms with Crippen LogP contribution in [0.15, 0.2) is 76.0 Å². The summed E-state index contributed by atoms with van der Waals surface area (Å²) in [6.07, 6.45) is 1.75. The molecule has 4 aliphatic rings. The molecule has 0 radical (unpaired) electrons. The molecule has 3 saturated heterocycles. The van der Waals surface area contributed by atoms with Crippen molar-refractivity contribution in [1.82, 2.24) is 14.5 Å². The quantitative estimate of drug-likeness (QED) is 0.321. The van der Waals surface area contributed by atoms with Gasteiger partial charge >= 0.3 is 0 Å². The Hall–Kier alpha value is -3.62. The van der Waals surface area contributed by atoms with Crippen LogP contribution < -0.4 is 10.5 Å². The third-order valence-corrected chi connectivity index (χ3v) is 9.62. The molecule has 1 aromatic heterocycles. The Kier molecular flexibility index (Phi) is 4.41. The number of nitrogens with zero attached hydrogens (tertiary/aromatic N) is 4. The summed E-state index contributed by atoms with van der Waals surface area (Å²) in [5, 5.41) is 0.537. The third kappa shape index (κ3) is 2.48. The molecule has 3 aromatic carbocycles. The van der Waals surface area contributed by atoms with E-state index in [2.05, 4.69) is 20.8 Å². The number of benzene rings is 3. The van der Waals surface area contributed by atoms with Gasteiger partial charge < -0.3 is 0 Å². The van der Waals surface area contributed by atoms with E-state index in [0.29, 0.717) is 26.9 Å². The van der Waals surface area contributed by atoms with Gasteiger partial charge in [0.25, 0.3) is 5.56 Å². The first-order valence-electron chi connectivity index (χ1n) is 13.0. The van der Waals surface area contributed by atoms with Gasteiger partial charge in [-0.1, -0.05) is 36.4 Å². The van der Waals surface area contributed by atoms with Crippen molar-refractivity contribution in [2.75, 3.05) is 11.4 Å². The topological polar surface area (TPSA) is 75.5 Å². The molecular formula is C30H23BrN4O3. The molecule has 4 atom stereocenters. The number of carbonyl (C=O) groups is 2. The van der Waals surface area contributed by atoms with Crippen molar-refractivity contribution in [3.63, 3.8) is 0 Å². The lowest BCUT2D eigenvalue weighted by molar-refractivity contribution is -0.124. The van der Waals surface area contributed by atoms with Gasteiger partial charge in [-0.05, 0) is 78.1 Å². The van der Waals surface area contributed by atoms with Crippen LogP contribution >= 0.6 is 15.9 Å². The Labute approximate surface area is 226 Å². The maximum Gasteiger partial charge on any atom is 0.266 e. The standard InChI is InChI=1S/C30H23BrN4O3/c1-16-12-13-22(19(31)15-16)34-27(37)24-23-11-6-14-33(23)30(25(24)28(34)38)18-8-3-5-10-21(18)35-26(36)17-7-2-4-9-20(17)32-29(30)35/h2-5,7-10,12-13,15,23-25H,6,11,14H2,1H3/t23-,24+,25-,30-/m1/s1. The number of hydrogen-bond donors (Lipinski definition) is 0. The molecule has 1 spiro atoms. The lowest BCUT2D eigenvalue weighted by Gasteiger charge is -2.38. The highest BCUT2D eigenvalue weighted by molar-refractivity contribution is 9.10. The Morgan fingerprint density at radius 2 is 1.74 bits per heavy atom. The number of fused-ring (bicyclic) bond motifs is 11. The number of amides is 2. The number of hydrogen-bond acceptors (Lipinski definition) is 5. The van der Waals surface area contributed by atoms with Gasteiger partial charge in [0.05, 0.1) is 34.1 Å². The molecule has 0 unspecified atom stereocenters. The summed E-state index contributed by atoms with van der Waals surface area (Å²) in [7, 11) is 0. The van der Waals surface area contributed by atoms with Crippen LogP contribution in [0.4, 0.5) is 5.69 Å². The normalized spacial score (nSPS) is 27.3. The molecule has 4 aliphatic heterocycles. The first kappa shape index (κ1) is 22.4. The van der Waals surface area contributed by atoms with E-state index in [-0.39, 0.29) is 23.4 Å². The van der Waals surface area contributed by atoms with Gasteiger partial charge in [0.2, 0.25) is 11.8 Å². The number of anilines is 1. The second-order valence-corrected chi connectivity index (χ2v) is 11.6. The highest BCUT2D eigenvalue weighted by atomic mass is 79.9. The predicted octanol–water partition coefficient (Wildman–Crippen LogP) is 4.30. The maximum atomic E-state index is 14.5. The lowest BCUT2D eigenvalue weighted by Crippen LogP contribution is -2.51. The molecule has 3 fully saturated rings. The first-order valence-corrected chi connectivity index (χ1v) is 13.8. The molecule has 2 amide bonds. The average Bonchev–Trinajstić information content (AvgIpc) is 3.62. The van der Waals surface area contributed by atoms with Crippen LogP contribution in [0.1, 0.15) is 29.8 Å². The molecule has 4 aromatic rings. The Morgan fingerprint density at radius 1 is 0.947 bits per heavy atom. The van der Waals surface area contributed by atoms with E-state index < -0.39 is 17.4 Å². The number of aromatic nitrogens is 2. The SMILES string of the molecule is Cc1ccc(N2C(=O)[C@H]3[C@H]4CCCN4[C@]4(c5ccccc5-n5c4nc4ccccc4c5=O)[C@H]3C2=O)c(Br)c1. The van der Waals surface area contributed by atoms with Gasteiger partial charge in [-0.15, -0.1) is 0 Å². The number of halogens is 1. The van der Waals surface area contributed by atoms with E-state index in [1.807, 2.05) is 67.6 Å².